The van der Waals surface area contributed by atoms with E-state index in [1.165, 1.54) is 0 Å². The standard InChI is InChI=1S/C29H31F2N5O5/c30-29(31)13-28(39,14-29)15-40-22-6-5-21-20(12-34-36(21)23(22)16-3-4-16)25(38)35-17-8-27(9-17)10-18(11-27)41-26-19(24(32)37)2-1-7-33-26/h1-2,5-7,12,16-18,39H,3-4,8-11,13-15H2,(H2,32,37)(H,35,38). The fraction of sp³-hybridized carbons (Fsp3) is 0.517. The van der Waals surface area contributed by atoms with Gasteiger partial charge in [0.25, 0.3) is 17.7 Å². The largest absolute Gasteiger partial charge is 0.489 e. The first kappa shape index (κ1) is 26.1. The van der Waals surface area contributed by atoms with E-state index in [4.69, 9.17) is 15.2 Å². The Balaban J connectivity index is 0.967. The smallest absolute Gasteiger partial charge is 0.255 e. The predicted molar refractivity (Wildman–Crippen MR) is 141 cm³/mol. The van der Waals surface area contributed by atoms with Gasteiger partial charge in [0.1, 0.15) is 29.6 Å². The lowest BCUT2D eigenvalue weighted by molar-refractivity contribution is -0.215. The molecule has 0 saturated heterocycles. The highest BCUT2D eigenvalue weighted by atomic mass is 19.3. The van der Waals surface area contributed by atoms with Crippen LogP contribution >= 0.6 is 0 Å². The fourth-order valence-electron chi connectivity index (χ4n) is 6.81. The molecule has 4 saturated carbocycles. The van der Waals surface area contributed by atoms with Crippen molar-refractivity contribution in [3.63, 3.8) is 0 Å². The highest BCUT2D eigenvalue weighted by molar-refractivity contribution is 6.01. The Morgan fingerprint density at radius 2 is 1.88 bits per heavy atom. The van der Waals surface area contributed by atoms with Crippen molar-refractivity contribution < 1.29 is 33.0 Å². The van der Waals surface area contributed by atoms with Crippen LogP contribution < -0.4 is 20.5 Å². The minimum atomic E-state index is -2.85. The number of amides is 2. The Kier molecular flexibility index (Phi) is 5.80. The number of hydrogen-bond donors (Lipinski definition) is 3. The minimum Gasteiger partial charge on any atom is -0.489 e. The van der Waals surface area contributed by atoms with Gasteiger partial charge in [-0.1, -0.05) is 0 Å². The average molecular weight is 568 g/mol. The zero-order valence-electron chi connectivity index (χ0n) is 22.3. The normalized spacial score (nSPS) is 27.4. The monoisotopic (exact) mass is 567 g/mol. The van der Waals surface area contributed by atoms with E-state index >= 15 is 0 Å². The van der Waals surface area contributed by atoms with Crippen LogP contribution in [-0.2, 0) is 0 Å². The second kappa shape index (κ2) is 9.10. The SMILES string of the molecule is NC(=O)c1cccnc1OC1CC2(CC(NC(=O)c3cnn4c(C5CC5)c(OCC5(O)CC(F)(F)C5)ccc34)C2)C1. The molecule has 216 valence electrons. The highest BCUT2D eigenvalue weighted by Crippen LogP contribution is 2.57. The molecular weight excluding hydrogens is 536 g/mol. The Morgan fingerprint density at radius 3 is 2.56 bits per heavy atom. The molecule has 4 N–H and O–H groups in total. The first-order valence-electron chi connectivity index (χ1n) is 14.0. The molecule has 0 unspecified atom stereocenters. The molecule has 0 aliphatic heterocycles. The lowest BCUT2D eigenvalue weighted by Gasteiger charge is -2.57. The Hall–Kier alpha value is -3.80. The van der Waals surface area contributed by atoms with E-state index in [2.05, 4.69) is 15.4 Å². The van der Waals surface area contributed by atoms with Crippen LogP contribution in [0.2, 0.25) is 0 Å². The van der Waals surface area contributed by atoms with Gasteiger partial charge in [0.05, 0.1) is 23.0 Å². The van der Waals surface area contributed by atoms with E-state index in [1.54, 1.807) is 41.2 Å². The number of rotatable bonds is 9. The van der Waals surface area contributed by atoms with Gasteiger partial charge in [-0.15, -0.1) is 0 Å². The van der Waals surface area contributed by atoms with E-state index in [-0.39, 0.29) is 47.4 Å². The third-order valence-electron chi connectivity index (χ3n) is 8.89. The van der Waals surface area contributed by atoms with E-state index in [0.29, 0.717) is 16.8 Å². The number of nitrogens with one attached hydrogen (secondary N) is 1. The highest BCUT2D eigenvalue weighted by Gasteiger charge is 2.56. The summed E-state index contributed by atoms with van der Waals surface area (Å²) in [5, 5.41) is 17.9. The average Bonchev–Trinajstić information content (AvgIpc) is 3.61. The third kappa shape index (κ3) is 4.77. The summed E-state index contributed by atoms with van der Waals surface area (Å²) in [7, 11) is 0. The van der Waals surface area contributed by atoms with Crippen LogP contribution in [0.4, 0.5) is 8.78 Å². The number of aromatic nitrogens is 3. The first-order valence-corrected chi connectivity index (χ1v) is 14.0. The van der Waals surface area contributed by atoms with Gasteiger partial charge < -0.3 is 25.6 Å². The van der Waals surface area contributed by atoms with Crippen LogP contribution in [0, 0.1) is 5.41 Å². The molecule has 41 heavy (non-hydrogen) atoms. The second-order valence-electron chi connectivity index (χ2n) is 12.4. The fourth-order valence-corrected chi connectivity index (χ4v) is 6.81. The van der Waals surface area contributed by atoms with Crippen molar-refractivity contribution >= 4 is 17.3 Å². The molecule has 0 radical (unpaired) electrons. The number of fused-ring (bicyclic) bond motifs is 1. The number of nitrogens with two attached hydrogens (primary N) is 1. The summed E-state index contributed by atoms with van der Waals surface area (Å²) >= 11 is 0. The van der Waals surface area contributed by atoms with Gasteiger partial charge in [0, 0.05) is 31.0 Å². The zero-order chi connectivity index (χ0) is 28.6. The number of ether oxygens (including phenoxy) is 2. The molecule has 12 heteroatoms. The first-order chi connectivity index (χ1) is 19.5. The maximum atomic E-state index is 13.3. The van der Waals surface area contributed by atoms with E-state index in [0.717, 1.165) is 44.2 Å². The van der Waals surface area contributed by atoms with Gasteiger partial charge in [-0.25, -0.2) is 18.3 Å². The molecule has 0 atom stereocenters. The zero-order valence-corrected chi connectivity index (χ0v) is 22.3. The Morgan fingerprint density at radius 1 is 1.12 bits per heavy atom. The number of carbonyl (C=O) groups is 2. The molecular formula is C29H31F2N5O5. The number of pyridine rings is 2. The third-order valence-corrected chi connectivity index (χ3v) is 8.89. The van der Waals surface area contributed by atoms with Crippen LogP contribution in [0.25, 0.3) is 5.52 Å². The summed E-state index contributed by atoms with van der Waals surface area (Å²) in [5.41, 5.74) is 6.17. The molecule has 4 aliphatic rings. The van der Waals surface area contributed by atoms with Crippen molar-refractivity contribution in [1.82, 2.24) is 19.9 Å². The summed E-state index contributed by atoms with van der Waals surface area (Å²) < 4.78 is 40.1. The van der Waals surface area contributed by atoms with Crippen LogP contribution in [-0.4, -0.2) is 61.8 Å². The maximum absolute atomic E-state index is 13.3. The van der Waals surface area contributed by atoms with Crippen LogP contribution in [0.15, 0.2) is 36.7 Å². The number of halogens is 2. The Bertz CT molecular complexity index is 1530. The summed E-state index contributed by atoms with van der Waals surface area (Å²) in [5.74, 6) is -2.67. The van der Waals surface area contributed by atoms with Gasteiger partial charge in [-0.3, -0.25) is 9.59 Å². The topological polar surface area (TPSA) is 141 Å². The van der Waals surface area contributed by atoms with Gasteiger partial charge in [-0.2, -0.15) is 5.10 Å². The number of carbonyl (C=O) groups excluding carboxylic acids is 2. The number of alkyl halides is 2. The predicted octanol–water partition coefficient (Wildman–Crippen LogP) is 3.36. The van der Waals surface area contributed by atoms with Crippen molar-refractivity contribution in [3.05, 3.63) is 53.5 Å². The molecule has 4 aliphatic carbocycles. The van der Waals surface area contributed by atoms with Gasteiger partial charge in [-0.05, 0) is 68.2 Å². The number of aliphatic hydroxyl groups is 1. The van der Waals surface area contributed by atoms with Gasteiger partial charge >= 0.3 is 0 Å². The maximum Gasteiger partial charge on any atom is 0.255 e. The molecule has 4 fully saturated rings. The molecule has 10 nitrogen and oxygen atoms in total. The van der Waals surface area contributed by atoms with Gasteiger partial charge in [0.2, 0.25) is 5.88 Å². The molecule has 2 amide bonds. The van der Waals surface area contributed by atoms with Crippen molar-refractivity contribution in [2.75, 3.05) is 6.61 Å². The number of primary amides is 1. The van der Waals surface area contributed by atoms with Crippen LogP contribution in [0.3, 0.4) is 0 Å². The van der Waals surface area contributed by atoms with Gasteiger partial charge in [0.15, 0.2) is 0 Å². The van der Waals surface area contributed by atoms with Crippen LogP contribution in [0.1, 0.15) is 83.7 Å². The number of hydrogen-bond acceptors (Lipinski definition) is 7. The molecule has 1 spiro atoms. The molecule has 0 bridgehead atoms. The molecule has 7 rings (SSSR count). The lowest BCUT2D eigenvalue weighted by atomic mass is 9.53. The van der Waals surface area contributed by atoms with Crippen molar-refractivity contribution in [3.8, 4) is 11.6 Å². The van der Waals surface area contributed by atoms with E-state index < -0.39 is 30.3 Å². The number of nitrogens with zero attached hydrogens (tertiary/aromatic N) is 3. The van der Waals surface area contributed by atoms with E-state index in [9.17, 15) is 23.5 Å². The summed E-state index contributed by atoms with van der Waals surface area (Å²) in [6, 6.07) is 6.77. The van der Waals surface area contributed by atoms with E-state index in [1.807, 2.05) is 0 Å². The van der Waals surface area contributed by atoms with Crippen molar-refractivity contribution in [2.24, 2.45) is 11.1 Å². The molecule has 0 aromatic carbocycles. The van der Waals surface area contributed by atoms with Crippen molar-refractivity contribution in [2.45, 2.75) is 81.0 Å². The molecule has 3 heterocycles. The van der Waals surface area contributed by atoms with Crippen LogP contribution in [0.5, 0.6) is 11.6 Å². The Labute approximate surface area is 234 Å². The lowest BCUT2D eigenvalue weighted by Crippen LogP contribution is -2.58. The summed E-state index contributed by atoms with van der Waals surface area (Å²) in [6.45, 7) is -0.216. The van der Waals surface area contributed by atoms with Crippen molar-refractivity contribution in [1.29, 1.82) is 0 Å². The molecule has 3 aromatic heterocycles. The quantitative estimate of drug-likeness (QED) is 0.360. The minimum absolute atomic E-state index is 0.0429. The summed E-state index contributed by atoms with van der Waals surface area (Å²) in [4.78, 5) is 29.0. The summed E-state index contributed by atoms with van der Waals surface area (Å²) in [6.07, 6.45) is 7.07. The molecule has 3 aromatic rings. The second-order valence-corrected chi connectivity index (χ2v) is 12.4.